The molecule has 0 atom stereocenters. The molecular weight excluding hydrogens is 214 g/mol. The van der Waals surface area contributed by atoms with E-state index >= 15 is 0 Å². The van der Waals surface area contributed by atoms with Gasteiger partial charge in [-0.3, -0.25) is 4.79 Å². The number of aryl methyl sites for hydroxylation is 1. The molecule has 0 aromatic heterocycles. The van der Waals surface area contributed by atoms with Gasteiger partial charge in [-0.15, -0.1) is 0 Å². The summed E-state index contributed by atoms with van der Waals surface area (Å²) in [5, 5.41) is 3.21. The van der Waals surface area contributed by atoms with E-state index in [0.29, 0.717) is 25.5 Å². The lowest BCUT2D eigenvalue weighted by Gasteiger charge is -2.07. The summed E-state index contributed by atoms with van der Waals surface area (Å²) in [6, 6.07) is 8.14. The summed E-state index contributed by atoms with van der Waals surface area (Å²) in [7, 11) is 0. The summed E-state index contributed by atoms with van der Waals surface area (Å²) in [6.45, 7) is 3.30. The summed E-state index contributed by atoms with van der Waals surface area (Å²) < 4.78 is 5.14. The van der Waals surface area contributed by atoms with Crippen molar-refractivity contribution in [1.29, 1.82) is 0 Å². The van der Waals surface area contributed by atoms with Crippen molar-refractivity contribution in [3.63, 3.8) is 0 Å². The summed E-state index contributed by atoms with van der Waals surface area (Å²) in [5.41, 5.74) is 2.28. The number of rotatable bonds is 6. The Kier molecular flexibility index (Phi) is 4.02. The highest BCUT2D eigenvalue weighted by Gasteiger charge is 2.22. The molecule has 1 aliphatic carbocycles. The lowest BCUT2D eigenvalue weighted by atomic mass is 10.2. The molecule has 0 saturated heterocycles. The van der Waals surface area contributed by atoms with Gasteiger partial charge in [-0.05, 0) is 37.8 Å². The molecule has 1 saturated carbocycles. The molecule has 0 heterocycles. The second-order valence-corrected chi connectivity index (χ2v) is 4.67. The molecule has 3 nitrogen and oxygen atoms in total. The number of esters is 1. The van der Waals surface area contributed by atoms with Crippen molar-refractivity contribution in [2.24, 2.45) is 5.92 Å². The molecule has 1 fully saturated rings. The number of anilines is 1. The number of ether oxygens (including phenoxy) is 1. The number of hydrogen-bond donors (Lipinski definition) is 1. The van der Waals surface area contributed by atoms with Gasteiger partial charge in [0.15, 0.2) is 0 Å². The van der Waals surface area contributed by atoms with Crippen LogP contribution in [0.5, 0.6) is 0 Å². The molecule has 0 spiro atoms. The zero-order chi connectivity index (χ0) is 12.1. The van der Waals surface area contributed by atoms with Gasteiger partial charge in [-0.2, -0.15) is 0 Å². The van der Waals surface area contributed by atoms with Crippen LogP contribution >= 0.6 is 0 Å². The first kappa shape index (κ1) is 12.0. The minimum atomic E-state index is -0.100. The zero-order valence-corrected chi connectivity index (χ0v) is 10.2. The molecule has 0 bridgehead atoms. The highest BCUT2D eigenvalue weighted by atomic mass is 16.5. The lowest BCUT2D eigenvalue weighted by molar-refractivity contribution is -0.143. The third-order valence-electron chi connectivity index (χ3n) is 2.89. The summed E-state index contributed by atoms with van der Waals surface area (Å²) in [6.07, 6.45) is 2.87. The van der Waals surface area contributed by atoms with Gasteiger partial charge < -0.3 is 10.1 Å². The molecule has 0 unspecified atom stereocenters. The Morgan fingerprint density at radius 3 is 2.71 bits per heavy atom. The lowest BCUT2D eigenvalue weighted by Crippen LogP contribution is -2.12. The molecule has 1 N–H and O–H groups in total. The average molecular weight is 233 g/mol. The Morgan fingerprint density at radius 1 is 1.35 bits per heavy atom. The maximum absolute atomic E-state index is 11.4. The molecule has 1 aromatic carbocycles. The molecular formula is C14H19NO2. The first-order chi connectivity index (χ1) is 8.24. The number of nitrogens with one attached hydrogen (secondary N) is 1. The van der Waals surface area contributed by atoms with Gasteiger partial charge in [0.2, 0.25) is 0 Å². The van der Waals surface area contributed by atoms with Crippen LogP contribution in [-0.2, 0) is 9.53 Å². The van der Waals surface area contributed by atoms with Crippen molar-refractivity contribution >= 4 is 11.7 Å². The standard InChI is InChI=1S/C14H19NO2/c1-11-2-6-13(7-3-11)15-9-8-14(16)17-10-12-4-5-12/h2-3,6-7,12,15H,4-5,8-10H2,1H3. The van der Waals surface area contributed by atoms with Crippen molar-refractivity contribution in [3.05, 3.63) is 29.8 Å². The zero-order valence-electron chi connectivity index (χ0n) is 10.2. The minimum Gasteiger partial charge on any atom is -0.465 e. The van der Waals surface area contributed by atoms with Crippen LogP contribution in [0.2, 0.25) is 0 Å². The Bertz CT molecular complexity index is 368. The third-order valence-corrected chi connectivity index (χ3v) is 2.89. The smallest absolute Gasteiger partial charge is 0.307 e. The first-order valence-corrected chi connectivity index (χ1v) is 6.20. The van der Waals surface area contributed by atoms with Crippen LogP contribution in [0.25, 0.3) is 0 Å². The van der Waals surface area contributed by atoms with Gasteiger partial charge in [0, 0.05) is 12.2 Å². The van der Waals surface area contributed by atoms with Crippen LogP contribution in [0.1, 0.15) is 24.8 Å². The van der Waals surface area contributed by atoms with Gasteiger partial charge in [0.1, 0.15) is 0 Å². The van der Waals surface area contributed by atoms with Crippen molar-refractivity contribution < 1.29 is 9.53 Å². The number of carbonyl (C=O) groups excluding carboxylic acids is 1. The monoisotopic (exact) mass is 233 g/mol. The van der Waals surface area contributed by atoms with Crippen molar-refractivity contribution in [2.75, 3.05) is 18.5 Å². The quantitative estimate of drug-likeness (QED) is 0.768. The highest BCUT2D eigenvalue weighted by Crippen LogP contribution is 2.28. The van der Waals surface area contributed by atoms with E-state index < -0.39 is 0 Å². The summed E-state index contributed by atoms with van der Waals surface area (Å²) >= 11 is 0. The Hall–Kier alpha value is -1.51. The van der Waals surface area contributed by atoms with Gasteiger partial charge >= 0.3 is 5.97 Å². The largest absolute Gasteiger partial charge is 0.465 e. The normalized spacial score (nSPS) is 14.4. The molecule has 1 aliphatic rings. The van der Waals surface area contributed by atoms with E-state index in [1.807, 2.05) is 24.3 Å². The van der Waals surface area contributed by atoms with Gasteiger partial charge in [-0.1, -0.05) is 17.7 Å². The first-order valence-electron chi connectivity index (χ1n) is 6.20. The van der Waals surface area contributed by atoms with Crippen molar-refractivity contribution in [2.45, 2.75) is 26.2 Å². The maximum Gasteiger partial charge on any atom is 0.307 e. The fourth-order valence-electron chi connectivity index (χ4n) is 1.55. The molecule has 0 radical (unpaired) electrons. The molecule has 17 heavy (non-hydrogen) atoms. The van der Waals surface area contributed by atoms with Crippen LogP contribution in [0.4, 0.5) is 5.69 Å². The predicted molar refractivity (Wildman–Crippen MR) is 68.0 cm³/mol. The number of hydrogen-bond acceptors (Lipinski definition) is 3. The van der Waals surface area contributed by atoms with Gasteiger partial charge in [0.25, 0.3) is 0 Å². The van der Waals surface area contributed by atoms with E-state index in [-0.39, 0.29) is 5.97 Å². The van der Waals surface area contributed by atoms with E-state index in [4.69, 9.17) is 4.74 Å². The van der Waals surface area contributed by atoms with E-state index in [1.165, 1.54) is 18.4 Å². The van der Waals surface area contributed by atoms with E-state index in [0.717, 1.165) is 5.69 Å². The second kappa shape index (κ2) is 5.71. The molecule has 0 aliphatic heterocycles. The van der Waals surface area contributed by atoms with Crippen LogP contribution < -0.4 is 5.32 Å². The maximum atomic E-state index is 11.4. The number of carbonyl (C=O) groups is 1. The van der Waals surface area contributed by atoms with Gasteiger partial charge in [0.05, 0.1) is 13.0 Å². The predicted octanol–water partition coefficient (Wildman–Crippen LogP) is 2.75. The third kappa shape index (κ3) is 4.47. The number of benzene rings is 1. The summed E-state index contributed by atoms with van der Waals surface area (Å²) in [4.78, 5) is 11.4. The van der Waals surface area contributed by atoms with E-state index in [2.05, 4.69) is 12.2 Å². The Balaban J connectivity index is 1.61. The molecule has 0 amide bonds. The summed E-state index contributed by atoms with van der Waals surface area (Å²) in [5.74, 6) is 0.542. The fraction of sp³-hybridized carbons (Fsp3) is 0.500. The van der Waals surface area contributed by atoms with Crippen LogP contribution in [0, 0.1) is 12.8 Å². The topological polar surface area (TPSA) is 38.3 Å². The highest BCUT2D eigenvalue weighted by molar-refractivity contribution is 5.70. The van der Waals surface area contributed by atoms with Crippen molar-refractivity contribution in [3.8, 4) is 0 Å². The van der Waals surface area contributed by atoms with Crippen molar-refractivity contribution in [1.82, 2.24) is 0 Å². The van der Waals surface area contributed by atoms with E-state index in [1.54, 1.807) is 0 Å². The molecule has 2 rings (SSSR count). The van der Waals surface area contributed by atoms with Gasteiger partial charge in [-0.25, -0.2) is 0 Å². The van der Waals surface area contributed by atoms with Crippen LogP contribution in [-0.4, -0.2) is 19.1 Å². The molecule has 3 heteroatoms. The molecule has 1 aromatic rings. The van der Waals surface area contributed by atoms with E-state index in [9.17, 15) is 4.79 Å². The van der Waals surface area contributed by atoms with Crippen LogP contribution in [0.3, 0.4) is 0 Å². The fourth-order valence-corrected chi connectivity index (χ4v) is 1.55. The Morgan fingerprint density at radius 2 is 2.06 bits per heavy atom. The average Bonchev–Trinajstić information content (AvgIpc) is 3.13. The Labute approximate surface area is 102 Å². The van der Waals surface area contributed by atoms with Crippen LogP contribution in [0.15, 0.2) is 24.3 Å². The molecule has 92 valence electrons. The minimum absolute atomic E-state index is 0.100. The SMILES string of the molecule is Cc1ccc(NCCC(=O)OCC2CC2)cc1. The second-order valence-electron chi connectivity index (χ2n) is 4.67.